The van der Waals surface area contributed by atoms with E-state index in [2.05, 4.69) is 5.32 Å². The number of hydrogen-bond acceptors (Lipinski definition) is 5. The summed E-state index contributed by atoms with van der Waals surface area (Å²) in [5.41, 5.74) is 7.43. The Labute approximate surface area is 118 Å². The summed E-state index contributed by atoms with van der Waals surface area (Å²) < 4.78 is 22.8. The van der Waals surface area contributed by atoms with Crippen LogP contribution in [0.25, 0.3) is 0 Å². The molecular weight excluding hydrogens is 278 g/mol. The van der Waals surface area contributed by atoms with Crippen molar-refractivity contribution < 1.29 is 13.2 Å². The zero-order valence-corrected chi connectivity index (χ0v) is 12.4. The van der Waals surface area contributed by atoms with Gasteiger partial charge in [0.05, 0.1) is 17.1 Å². The number of amides is 1. The van der Waals surface area contributed by atoms with Crippen molar-refractivity contribution in [3.8, 4) is 0 Å². The van der Waals surface area contributed by atoms with Gasteiger partial charge in [0.1, 0.15) is 0 Å². The monoisotopic (exact) mass is 297 g/mol. The first-order valence-electron chi connectivity index (χ1n) is 6.36. The molecule has 6 nitrogen and oxygen atoms in total. The van der Waals surface area contributed by atoms with Crippen molar-refractivity contribution in [2.24, 2.45) is 0 Å². The second-order valence-electron chi connectivity index (χ2n) is 5.24. The highest BCUT2D eigenvalue weighted by atomic mass is 32.2. The predicted octanol–water partition coefficient (Wildman–Crippen LogP) is 0.252. The topological polar surface area (TPSA) is 92.5 Å². The largest absolute Gasteiger partial charge is 0.399 e. The molecule has 7 heteroatoms. The van der Waals surface area contributed by atoms with E-state index in [1.54, 1.807) is 18.2 Å². The average molecular weight is 297 g/mol. The van der Waals surface area contributed by atoms with Gasteiger partial charge in [-0.1, -0.05) is 0 Å². The summed E-state index contributed by atoms with van der Waals surface area (Å²) >= 11 is 0. The molecule has 1 atom stereocenters. The number of nitrogens with zero attached hydrogens (tertiary/aromatic N) is 1. The van der Waals surface area contributed by atoms with Gasteiger partial charge in [0.25, 0.3) is 5.91 Å². The number of nitrogen functional groups attached to an aromatic ring is 1. The van der Waals surface area contributed by atoms with Gasteiger partial charge in [-0.05, 0) is 24.6 Å². The second kappa shape index (κ2) is 5.32. The Hall–Kier alpha value is -1.76. The molecule has 0 saturated carbocycles. The number of sulfone groups is 1. The number of carbonyl (C=O) groups is 1. The summed E-state index contributed by atoms with van der Waals surface area (Å²) in [7, 11) is 0.664. The third-order valence-electron chi connectivity index (χ3n) is 3.31. The quantitative estimate of drug-likeness (QED) is 0.780. The van der Waals surface area contributed by atoms with Crippen LogP contribution in [0.4, 0.5) is 11.4 Å². The maximum Gasteiger partial charge on any atom is 0.253 e. The minimum Gasteiger partial charge on any atom is -0.399 e. The Bertz CT molecular complexity index is 626. The standard InChI is InChI=1S/C13H19N3O3S/c1-16(2)12-4-3-9(14)7-11(12)13(17)15-10-5-6-20(18,19)8-10/h3-4,7,10H,5-6,8,14H2,1-2H3,(H,15,17). The molecule has 0 aliphatic carbocycles. The van der Waals surface area contributed by atoms with Crippen LogP contribution in [0, 0.1) is 0 Å². The maximum atomic E-state index is 12.3. The van der Waals surface area contributed by atoms with Crippen LogP contribution in [0.5, 0.6) is 0 Å². The fourth-order valence-corrected chi connectivity index (χ4v) is 3.97. The summed E-state index contributed by atoms with van der Waals surface area (Å²) in [6.45, 7) is 0. The van der Waals surface area contributed by atoms with E-state index in [9.17, 15) is 13.2 Å². The lowest BCUT2D eigenvalue weighted by Crippen LogP contribution is -2.36. The van der Waals surface area contributed by atoms with Gasteiger partial charge in [0.2, 0.25) is 0 Å². The fraction of sp³-hybridized carbons (Fsp3) is 0.462. The van der Waals surface area contributed by atoms with E-state index >= 15 is 0 Å². The van der Waals surface area contributed by atoms with Gasteiger partial charge in [0, 0.05) is 31.5 Å². The Kier molecular flexibility index (Phi) is 3.89. The fourth-order valence-electron chi connectivity index (χ4n) is 2.30. The number of benzene rings is 1. The van der Waals surface area contributed by atoms with Crippen LogP contribution in [0.1, 0.15) is 16.8 Å². The molecule has 110 valence electrons. The predicted molar refractivity (Wildman–Crippen MR) is 79.7 cm³/mol. The molecular formula is C13H19N3O3S. The summed E-state index contributed by atoms with van der Waals surface area (Å²) in [5, 5.41) is 2.77. The van der Waals surface area contributed by atoms with Crippen LogP contribution in [-0.4, -0.2) is 46.0 Å². The first kappa shape index (κ1) is 14.6. The van der Waals surface area contributed by atoms with Crippen molar-refractivity contribution in [1.29, 1.82) is 0 Å². The van der Waals surface area contributed by atoms with Crippen molar-refractivity contribution in [3.63, 3.8) is 0 Å². The zero-order valence-electron chi connectivity index (χ0n) is 11.6. The van der Waals surface area contributed by atoms with Crippen LogP contribution in [0.2, 0.25) is 0 Å². The van der Waals surface area contributed by atoms with Crippen molar-refractivity contribution in [1.82, 2.24) is 5.32 Å². The molecule has 0 bridgehead atoms. The number of carbonyl (C=O) groups excluding carboxylic acids is 1. The summed E-state index contributed by atoms with van der Waals surface area (Å²) in [6, 6.07) is 4.79. The third kappa shape index (κ3) is 3.22. The van der Waals surface area contributed by atoms with Gasteiger partial charge in [-0.2, -0.15) is 0 Å². The number of hydrogen-bond donors (Lipinski definition) is 2. The van der Waals surface area contributed by atoms with Crippen molar-refractivity contribution in [3.05, 3.63) is 23.8 Å². The zero-order chi connectivity index (χ0) is 14.9. The molecule has 1 unspecified atom stereocenters. The molecule has 0 spiro atoms. The van der Waals surface area contributed by atoms with E-state index in [-0.39, 0.29) is 23.5 Å². The molecule has 1 aromatic rings. The molecule has 1 aliphatic rings. The third-order valence-corrected chi connectivity index (χ3v) is 5.08. The molecule has 1 heterocycles. The molecule has 3 N–H and O–H groups in total. The Morgan fingerprint density at radius 1 is 1.40 bits per heavy atom. The van der Waals surface area contributed by atoms with Crippen LogP contribution in [-0.2, 0) is 9.84 Å². The van der Waals surface area contributed by atoms with E-state index in [1.807, 2.05) is 19.0 Å². The molecule has 20 heavy (non-hydrogen) atoms. The number of rotatable bonds is 3. The van der Waals surface area contributed by atoms with Gasteiger partial charge in [0.15, 0.2) is 9.84 Å². The highest BCUT2D eigenvalue weighted by molar-refractivity contribution is 7.91. The first-order valence-corrected chi connectivity index (χ1v) is 8.19. The molecule has 1 amide bonds. The van der Waals surface area contributed by atoms with Gasteiger partial charge in [-0.15, -0.1) is 0 Å². The van der Waals surface area contributed by atoms with Gasteiger partial charge >= 0.3 is 0 Å². The van der Waals surface area contributed by atoms with Crippen molar-refractivity contribution in [2.75, 3.05) is 36.2 Å². The Balaban J connectivity index is 2.19. The highest BCUT2D eigenvalue weighted by Gasteiger charge is 2.29. The summed E-state index contributed by atoms with van der Waals surface area (Å²) in [5.74, 6) is -0.142. The normalized spacial score (nSPS) is 20.6. The van der Waals surface area contributed by atoms with Gasteiger partial charge < -0.3 is 16.0 Å². The van der Waals surface area contributed by atoms with Crippen molar-refractivity contribution in [2.45, 2.75) is 12.5 Å². The minimum absolute atomic E-state index is 0.0123. The Morgan fingerprint density at radius 2 is 2.10 bits per heavy atom. The summed E-state index contributed by atoms with van der Waals surface area (Å²) in [4.78, 5) is 14.1. The molecule has 1 saturated heterocycles. The number of anilines is 2. The molecule has 2 rings (SSSR count). The maximum absolute atomic E-state index is 12.3. The van der Waals surface area contributed by atoms with Crippen molar-refractivity contribution >= 4 is 27.1 Å². The van der Waals surface area contributed by atoms with Gasteiger partial charge in [-0.25, -0.2) is 8.42 Å². The SMILES string of the molecule is CN(C)c1ccc(N)cc1C(=O)NC1CCS(=O)(=O)C1. The van der Waals surface area contributed by atoms with E-state index in [0.717, 1.165) is 5.69 Å². The van der Waals surface area contributed by atoms with Crippen LogP contribution in [0.15, 0.2) is 18.2 Å². The smallest absolute Gasteiger partial charge is 0.253 e. The Morgan fingerprint density at radius 3 is 2.65 bits per heavy atom. The lowest BCUT2D eigenvalue weighted by molar-refractivity contribution is 0.0941. The van der Waals surface area contributed by atoms with Crippen LogP contribution < -0.4 is 16.0 Å². The lowest BCUT2D eigenvalue weighted by Gasteiger charge is -2.19. The van der Waals surface area contributed by atoms with E-state index in [0.29, 0.717) is 17.7 Å². The number of nitrogens with one attached hydrogen (secondary N) is 1. The second-order valence-corrected chi connectivity index (χ2v) is 7.47. The molecule has 1 aliphatic heterocycles. The first-order chi connectivity index (χ1) is 9.28. The van der Waals surface area contributed by atoms with E-state index < -0.39 is 9.84 Å². The van der Waals surface area contributed by atoms with Crippen LogP contribution in [0.3, 0.4) is 0 Å². The van der Waals surface area contributed by atoms with E-state index in [1.165, 1.54) is 0 Å². The molecule has 1 aromatic carbocycles. The van der Waals surface area contributed by atoms with Crippen LogP contribution >= 0.6 is 0 Å². The average Bonchev–Trinajstić information content (AvgIpc) is 2.68. The molecule has 0 radical (unpaired) electrons. The lowest BCUT2D eigenvalue weighted by atomic mass is 10.1. The number of nitrogens with two attached hydrogens (primary N) is 1. The summed E-state index contributed by atoms with van der Waals surface area (Å²) in [6.07, 6.45) is 0.466. The van der Waals surface area contributed by atoms with E-state index in [4.69, 9.17) is 5.73 Å². The highest BCUT2D eigenvalue weighted by Crippen LogP contribution is 2.22. The van der Waals surface area contributed by atoms with Gasteiger partial charge in [-0.3, -0.25) is 4.79 Å². The minimum atomic E-state index is -3.01. The molecule has 0 aromatic heterocycles. The molecule has 1 fully saturated rings.